The first-order chi connectivity index (χ1) is 16.5. The molecule has 1 aliphatic heterocycles. The van der Waals surface area contributed by atoms with Crippen LogP contribution in [0.2, 0.25) is 0 Å². The Labute approximate surface area is 198 Å². The molecule has 5 rings (SSSR count). The number of ether oxygens (including phenoxy) is 2. The first-order valence-electron chi connectivity index (χ1n) is 10.6. The molecule has 3 N–H and O–H groups in total. The van der Waals surface area contributed by atoms with Crippen molar-refractivity contribution in [2.45, 2.75) is 6.92 Å². The second-order valence-electron chi connectivity index (χ2n) is 7.50. The van der Waals surface area contributed by atoms with Gasteiger partial charge in [0.1, 0.15) is 28.8 Å². The molecule has 0 saturated heterocycles. The number of nitrogens with zero attached hydrogens (tertiary/aromatic N) is 3. The molecule has 172 valence electrons. The Morgan fingerprint density at radius 1 is 1.35 bits per heavy atom. The van der Waals surface area contributed by atoms with Gasteiger partial charge in [-0.1, -0.05) is 12.1 Å². The Morgan fingerprint density at radius 3 is 2.94 bits per heavy atom. The predicted molar refractivity (Wildman–Crippen MR) is 132 cm³/mol. The van der Waals surface area contributed by atoms with Crippen LogP contribution in [0.15, 0.2) is 53.3 Å². The van der Waals surface area contributed by atoms with Crippen LogP contribution in [0.3, 0.4) is 0 Å². The second kappa shape index (κ2) is 8.64. The Kier molecular flexibility index (Phi) is 5.50. The molecule has 3 heterocycles. The molecule has 9 nitrogen and oxygen atoms in total. The summed E-state index contributed by atoms with van der Waals surface area (Å²) in [6.07, 6.45) is 1.49. The maximum Gasteiger partial charge on any atom is 0.355 e. The lowest BCUT2D eigenvalue weighted by Crippen LogP contribution is -2.21. The molecule has 0 bridgehead atoms. The number of thiazole rings is 1. The SMILES string of the molecule is CCOC(=O)c1[nH]c2ccc(OC)cc2c1/C=N\N1CC(O)=C(c2nc3ccccc3s2)C1=N. The van der Waals surface area contributed by atoms with Crippen LogP contribution in [0.25, 0.3) is 26.7 Å². The van der Waals surface area contributed by atoms with Crippen molar-refractivity contribution in [2.75, 3.05) is 20.3 Å². The van der Waals surface area contributed by atoms with Gasteiger partial charge in [-0.15, -0.1) is 11.3 Å². The molecule has 0 radical (unpaired) electrons. The number of esters is 1. The number of amidine groups is 1. The van der Waals surface area contributed by atoms with Crippen LogP contribution in [0, 0.1) is 5.41 Å². The molecule has 0 amide bonds. The third kappa shape index (κ3) is 3.67. The van der Waals surface area contributed by atoms with E-state index in [9.17, 15) is 9.90 Å². The predicted octanol–water partition coefficient (Wildman–Crippen LogP) is 4.56. The number of carbonyl (C=O) groups is 1. The molecule has 4 aromatic rings. The first-order valence-corrected chi connectivity index (χ1v) is 11.4. The maximum absolute atomic E-state index is 12.6. The molecule has 0 atom stereocenters. The van der Waals surface area contributed by atoms with Gasteiger partial charge in [-0.25, -0.2) is 14.8 Å². The summed E-state index contributed by atoms with van der Waals surface area (Å²) in [6, 6.07) is 13.1. The lowest BCUT2D eigenvalue weighted by atomic mass is 10.1. The zero-order chi connectivity index (χ0) is 23.8. The van der Waals surface area contributed by atoms with E-state index >= 15 is 0 Å². The van der Waals surface area contributed by atoms with Gasteiger partial charge in [0.2, 0.25) is 0 Å². The minimum Gasteiger partial charge on any atom is -0.509 e. The van der Waals surface area contributed by atoms with E-state index in [1.165, 1.54) is 22.6 Å². The monoisotopic (exact) mass is 475 g/mol. The molecule has 2 aromatic heterocycles. The summed E-state index contributed by atoms with van der Waals surface area (Å²) < 4.78 is 11.5. The summed E-state index contributed by atoms with van der Waals surface area (Å²) >= 11 is 1.41. The number of hydrogen-bond donors (Lipinski definition) is 3. The highest BCUT2D eigenvalue weighted by Gasteiger charge is 2.30. The van der Waals surface area contributed by atoms with E-state index in [2.05, 4.69) is 15.1 Å². The Morgan fingerprint density at radius 2 is 2.18 bits per heavy atom. The van der Waals surface area contributed by atoms with Crippen LogP contribution >= 0.6 is 11.3 Å². The fraction of sp³-hybridized carbons (Fsp3) is 0.167. The van der Waals surface area contributed by atoms with Crippen LogP contribution in [0.1, 0.15) is 28.0 Å². The summed E-state index contributed by atoms with van der Waals surface area (Å²) in [6.45, 7) is 2.00. The Bertz CT molecular complexity index is 1470. The van der Waals surface area contributed by atoms with Gasteiger partial charge in [0, 0.05) is 16.5 Å². The van der Waals surface area contributed by atoms with E-state index in [0.717, 1.165) is 21.1 Å². The molecule has 0 unspecified atom stereocenters. The highest BCUT2D eigenvalue weighted by atomic mass is 32.1. The maximum atomic E-state index is 12.6. The van der Waals surface area contributed by atoms with E-state index in [1.54, 1.807) is 26.2 Å². The molecule has 10 heteroatoms. The fourth-order valence-electron chi connectivity index (χ4n) is 3.81. The van der Waals surface area contributed by atoms with Crippen LogP contribution in [0.4, 0.5) is 0 Å². The van der Waals surface area contributed by atoms with Crippen LogP contribution < -0.4 is 4.74 Å². The van der Waals surface area contributed by atoms with E-state index in [4.69, 9.17) is 14.9 Å². The van der Waals surface area contributed by atoms with Crippen LogP contribution in [-0.4, -0.2) is 58.4 Å². The normalized spacial score (nSPS) is 14.2. The lowest BCUT2D eigenvalue weighted by molar-refractivity contribution is 0.0520. The van der Waals surface area contributed by atoms with Crippen molar-refractivity contribution in [3.63, 3.8) is 0 Å². The zero-order valence-electron chi connectivity index (χ0n) is 18.5. The standard InChI is InChI=1S/C24H21N5O4S/c1-3-33-24(31)21-15(14-10-13(32-2)8-9-16(14)27-21)11-26-29-12-18(30)20(22(29)25)23-28-17-6-4-5-7-19(17)34-23/h4-11,25,27,30H,3,12H2,1-2H3/b25-22?,26-11-. The van der Waals surface area contributed by atoms with Gasteiger partial charge in [0.05, 0.1) is 35.7 Å². The average Bonchev–Trinajstić information content (AvgIpc) is 3.50. The van der Waals surface area contributed by atoms with Crippen molar-refractivity contribution in [1.82, 2.24) is 15.0 Å². The number of aromatic amines is 1. The van der Waals surface area contributed by atoms with Gasteiger partial charge in [-0.2, -0.15) is 5.10 Å². The zero-order valence-corrected chi connectivity index (χ0v) is 19.3. The number of aromatic nitrogens is 2. The van der Waals surface area contributed by atoms with Crippen molar-refractivity contribution in [2.24, 2.45) is 5.10 Å². The summed E-state index contributed by atoms with van der Waals surface area (Å²) in [5.74, 6) is 0.171. The number of hydrazone groups is 1. The van der Waals surface area contributed by atoms with Gasteiger partial charge in [-0.05, 0) is 37.3 Å². The number of fused-ring (bicyclic) bond motifs is 2. The third-order valence-electron chi connectivity index (χ3n) is 5.44. The highest BCUT2D eigenvalue weighted by molar-refractivity contribution is 7.19. The van der Waals surface area contributed by atoms with E-state index in [-0.39, 0.29) is 30.4 Å². The summed E-state index contributed by atoms with van der Waals surface area (Å²) in [5.41, 5.74) is 2.64. The molecule has 2 aromatic carbocycles. The summed E-state index contributed by atoms with van der Waals surface area (Å²) in [7, 11) is 1.57. The Hall–Kier alpha value is -4.18. The van der Waals surface area contributed by atoms with E-state index < -0.39 is 5.97 Å². The first kappa shape index (κ1) is 21.7. The number of methoxy groups -OCH3 is 1. The Balaban J connectivity index is 1.49. The van der Waals surface area contributed by atoms with Gasteiger partial charge in [0.15, 0.2) is 5.84 Å². The largest absolute Gasteiger partial charge is 0.509 e. The number of benzene rings is 2. The molecule has 0 aliphatic carbocycles. The number of aliphatic hydroxyl groups excluding tert-OH is 1. The molecular formula is C24H21N5O4S. The number of H-pyrrole nitrogens is 1. The van der Waals surface area contributed by atoms with Crippen molar-refractivity contribution in [3.8, 4) is 5.75 Å². The molecule has 0 saturated carbocycles. The van der Waals surface area contributed by atoms with Crippen LogP contribution in [-0.2, 0) is 4.74 Å². The molecular weight excluding hydrogens is 454 g/mol. The van der Waals surface area contributed by atoms with Crippen molar-refractivity contribution in [3.05, 3.63) is 64.5 Å². The van der Waals surface area contributed by atoms with E-state index in [1.807, 2.05) is 30.3 Å². The minimum absolute atomic E-state index is 0.0208. The molecule has 34 heavy (non-hydrogen) atoms. The van der Waals surface area contributed by atoms with E-state index in [0.29, 0.717) is 21.9 Å². The quantitative estimate of drug-likeness (QED) is 0.277. The highest BCUT2D eigenvalue weighted by Crippen LogP contribution is 2.33. The number of nitrogens with one attached hydrogen (secondary N) is 2. The summed E-state index contributed by atoms with van der Waals surface area (Å²) in [5, 5.41) is 26.3. The number of carbonyl (C=O) groups excluding carboxylic acids is 1. The molecule has 1 aliphatic rings. The third-order valence-corrected chi connectivity index (χ3v) is 6.50. The second-order valence-corrected chi connectivity index (χ2v) is 8.54. The smallest absolute Gasteiger partial charge is 0.355 e. The van der Waals surface area contributed by atoms with Crippen molar-refractivity contribution in [1.29, 1.82) is 5.41 Å². The number of aliphatic hydroxyl groups is 1. The molecule has 0 spiro atoms. The average molecular weight is 476 g/mol. The van der Waals surface area contributed by atoms with Crippen molar-refractivity contribution < 1.29 is 19.4 Å². The van der Waals surface area contributed by atoms with Crippen LogP contribution in [0.5, 0.6) is 5.75 Å². The topological polar surface area (TPSA) is 124 Å². The van der Waals surface area contributed by atoms with Gasteiger partial charge in [-0.3, -0.25) is 5.41 Å². The fourth-order valence-corrected chi connectivity index (χ4v) is 4.85. The van der Waals surface area contributed by atoms with Gasteiger partial charge in [0.25, 0.3) is 0 Å². The number of rotatable bonds is 6. The lowest BCUT2D eigenvalue weighted by Gasteiger charge is -2.11. The van der Waals surface area contributed by atoms with Crippen molar-refractivity contribution >= 4 is 56.0 Å². The van der Waals surface area contributed by atoms with Gasteiger partial charge >= 0.3 is 5.97 Å². The summed E-state index contributed by atoms with van der Waals surface area (Å²) in [4.78, 5) is 20.2. The molecule has 0 fully saturated rings. The number of hydrogen-bond acceptors (Lipinski definition) is 8. The minimum atomic E-state index is -0.508. The van der Waals surface area contributed by atoms with Gasteiger partial charge < -0.3 is 19.6 Å². The number of para-hydroxylation sites is 1.